The van der Waals surface area contributed by atoms with E-state index in [1.807, 2.05) is 48.7 Å². The van der Waals surface area contributed by atoms with Gasteiger partial charge in [0.05, 0.1) is 11.3 Å². The number of hydrogen-bond donors (Lipinski definition) is 2. The van der Waals surface area contributed by atoms with Gasteiger partial charge in [0.15, 0.2) is 6.61 Å². The molecule has 0 saturated heterocycles. The third-order valence-corrected chi connectivity index (χ3v) is 8.03. The zero-order valence-corrected chi connectivity index (χ0v) is 25.3. The molecule has 2 aromatic carbocycles. The molecule has 3 rings (SSSR count). The van der Waals surface area contributed by atoms with E-state index < -0.39 is 5.97 Å². The van der Waals surface area contributed by atoms with Gasteiger partial charge in [-0.05, 0) is 68.5 Å². The number of carboxylic acid groups (broad SMARTS) is 1. The second kappa shape index (κ2) is 15.1. The number of hydrogen-bond acceptors (Lipinski definition) is 6. The van der Waals surface area contributed by atoms with Crippen LogP contribution in [0.25, 0.3) is 22.2 Å². The normalized spacial score (nSPS) is 11.5. The van der Waals surface area contributed by atoms with Crippen LogP contribution >= 0.6 is 12.1 Å². The first-order valence-corrected chi connectivity index (χ1v) is 15.0. The fourth-order valence-electron chi connectivity index (χ4n) is 5.37. The van der Waals surface area contributed by atoms with E-state index in [0.717, 1.165) is 67.2 Å². The monoisotopic (exact) mass is 568 g/mol. The molecular weight excluding hydrogens is 524 g/mol. The maximum absolute atomic E-state index is 12.9. The Bertz CT molecular complexity index is 1290. The lowest BCUT2D eigenvalue weighted by Gasteiger charge is -2.21. The van der Waals surface area contributed by atoms with Gasteiger partial charge in [-0.3, -0.25) is 9.93 Å². The van der Waals surface area contributed by atoms with Gasteiger partial charge >= 0.3 is 5.97 Å². The lowest BCUT2D eigenvalue weighted by Crippen LogP contribution is -2.32. The molecule has 3 aromatic rings. The number of fused-ring (bicyclic) bond motifs is 1. The summed E-state index contributed by atoms with van der Waals surface area (Å²) in [5.74, 6) is -0.0544. The number of rotatable bonds is 16. The fourth-order valence-corrected chi connectivity index (χ4v) is 5.60. The zero-order valence-electron chi connectivity index (χ0n) is 24.5. The summed E-state index contributed by atoms with van der Waals surface area (Å²) in [6, 6.07) is 13.2. The number of likely N-dealkylation sites (N-methyl/N-ethyl adjacent to an activating group) is 1. The van der Waals surface area contributed by atoms with E-state index in [2.05, 4.69) is 18.4 Å². The summed E-state index contributed by atoms with van der Waals surface area (Å²) in [6.07, 6.45) is 6.01. The Hall–Kier alpha value is -3.01. The van der Waals surface area contributed by atoms with Crippen molar-refractivity contribution in [1.82, 2.24) is 13.8 Å². The summed E-state index contributed by atoms with van der Waals surface area (Å²) in [4.78, 5) is 26.4. The lowest BCUT2D eigenvalue weighted by molar-refractivity contribution is -0.132. The van der Waals surface area contributed by atoms with Crippen LogP contribution in [0, 0.1) is 0 Å². The summed E-state index contributed by atoms with van der Waals surface area (Å²) in [5.41, 5.74) is 4.29. The molecular formula is C31H44N4O4S. The van der Waals surface area contributed by atoms with Crippen LogP contribution in [0.3, 0.4) is 0 Å². The third kappa shape index (κ3) is 7.59. The topological polar surface area (TPSA) is 101 Å². The molecule has 0 fully saturated rings. The molecule has 1 aromatic heterocycles. The molecule has 1 heterocycles. The molecule has 3 N–H and O–H groups in total. The Morgan fingerprint density at radius 2 is 1.73 bits per heavy atom. The van der Waals surface area contributed by atoms with Crippen molar-refractivity contribution >= 4 is 34.9 Å². The van der Waals surface area contributed by atoms with Crippen molar-refractivity contribution in [3.63, 3.8) is 0 Å². The standard InChI is InChI=1S/C31H44N4O4S/c1-6-12-22(13-7-2)29-24-17-16-23(31(37)38)20-26(24)35(5)30(29)25-14-8-9-15-27(25)39-21-28(36)33(3)18-10-11-19-34(4)40-32/h8-9,14-17,20,22H,6-7,10-13,18-19,21,32H2,1-5H3,(H,37,38). The number of aromatic carboxylic acids is 1. The van der Waals surface area contributed by atoms with E-state index in [-0.39, 0.29) is 18.1 Å². The van der Waals surface area contributed by atoms with E-state index in [1.54, 1.807) is 24.1 Å². The second-order valence-electron chi connectivity index (χ2n) is 10.4. The number of nitrogens with two attached hydrogens (primary N) is 1. The van der Waals surface area contributed by atoms with Gasteiger partial charge < -0.3 is 19.3 Å². The quantitative estimate of drug-likeness (QED) is 0.154. The minimum Gasteiger partial charge on any atom is -0.483 e. The van der Waals surface area contributed by atoms with Crippen LogP contribution in [-0.2, 0) is 11.8 Å². The van der Waals surface area contributed by atoms with E-state index in [4.69, 9.17) is 9.88 Å². The van der Waals surface area contributed by atoms with E-state index in [0.29, 0.717) is 18.2 Å². The zero-order chi connectivity index (χ0) is 29.2. The number of benzene rings is 2. The first-order valence-electron chi connectivity index (χ1n) is 14.1. The number of aryl methyl sites for hydroxylation is 1. The van der Waals surface area contributed by atoms with Gasteiger partial charge in [-0.2, -0.15) is 0 Å². The van der Waals surface area contributed by atoms with Gasteiger partial charge in [0.25, 0.3) is 5.91 Å². The van der Waals surface area contributed by atoms with E-state index >= 15 is 0 Å². The molecule has 0 radical (unpaired) electrons. The number of carbonyl (C=O) groups excluding carboxylic acids is 1. The number of nitrogens with zero attached hydrogens (tertiary/aromatic N) is 3. The second-order valence-corrected chi connectivity index (χ2v) is 11.2. The molecule has 218 valence electrons. The number of unbranched alkanes of at least 4 members (excludes halogenated alkanes) is 1. The van der Waals surface area contributed by atoms with Gasteiger partial charge in [-0.25, -0.2) is 9.10 Å². The number of amides is 1. The largest absolute Gasteiger partial charge is 0.483 e. The molecule has 1 amide bonds. The molecule has 0 aliphatic rings. The number of ether oxygens (including phenoxy) is 1. The van der Waals surface area contributed by atoms with Crippen molar-refractivity contribution in [2.24, 2.45) is 12.2 Å². The maximum Gasteiger partial charge on any atom is 0.335 e. The number of carboxylic acids is 1. The number of carbonyl (C=O) groups is 2. The van der Waals surface area contributed by atoms with Gasteiger partial charge in [0.2, 0.25) is 0 Å². The molecule has 0 aliphatic carbocycles. The first-order chi connectivity index (χ1) is 19.2. The van der Waals surface area contributed by atoms with Crippen molar-refractivity contribution in [2.45, 2.75) is 58.3 Å². The van der Waals surface area contributed by atoms with Crippen LogP contribution in [0.2, 0.25) is 0 Å². The average molecular weight is 569 g/mol. The van der Waals surface area contributed by atoms with Crippen LogP contribution < -0.4 is 9.88 Å². The Balaban J connectivity index is 1.94. The molecule has 40 heavy (non-hydrogen) atoms. The van der Waals surface area contributed by atoms with Gasteiger partial charge in [0.1, 0.15) is 5.75 Å². The molecule has 0 spiro atoms. The van der Waals surface area contributed by atoms with Crippen LogP contribution in [0.5, 0.6) is 5.75 Å². The maximum atomic E-state index is 12.9. The van der Waals surface area contributed by atoms with Crippen molar-refractivity contribution in [1.29, 1.82) is 0 Å². The fraction of sp³-hybridized carbons (Fsp3) is 0.484. The highest BCUT2D eigenvalue weighted by molar-refractivity contribution is 7.94. The molecule has 9 heteroatoms. The molecule has 8 nitrogen and oxygen atoms in total. The molecule has 0 saturated carbocycles. The van der Waals surface area contributed by atoms with Crippen LogP contribution in [-0.4, -0.2) is 64.5 Å². The van der Waals surface area contributed by atoms with E-state index in [1.165, 1.54) is 17.7 Å². The predicted molar refractivity (Wildman–Crippen MR) is 165 cm³/mol. The molecule has 0 unspecified atom stereocenters. The Kier molecular flexibility index (Phi) is 11.9. The Labute approximate surface area is 242 Å². The summed E-state index contributed by atoms with van der Waals surface area (Å²) < 4.78 is 10.2. The summed E-state index contributed by atoms with van der Waals surface area (Å²) >= 11 is 1.21. The average Bonchev–Trinajstić information content (AvgIpc) is 3.24. The number of para-hydroxylation sites is 1. The van der Waals surface area contributed by atoms with Crippen molar-refractivity contribution < 1.29 is 19.4 Å². The van der Waals surface area contributed by atoms with Gasteiger partial charge in [-0.15, -0.1) is 0 Å². The van der Waals surface area contributed by atoms with Crippen LogP contribution in [0.15, 0.2) is 42.5 Å². The molecule has 0 bridgehead atoms. The highest BCUT2D eigenvalue weighted by atomic mass is 32.2. The van der Waals surface area contributed by atoms with Crippen molar-refractivity contribution in [3.8, 4) is 17.0 Å². The highest BCUT2D eigenvalue weighted by Crippen LogP contribution is 2.44. The SMILES string of the molecule is CCCC(CCC)c1c(-c2ccccc2OCC(=O)N(C)CCCCN(C)SN)n(C)c2cc(C(=O)O)ccc12. The summed E-state index contributed by atoms with van der Waals surface area (Å²) in [6.45, 7) is 5.87. The molecule has 0 aliphatic heterocycles. The van der Waals surface area contributed by atoms with Crippen molar-refractivity contribution in [3.05, 3.63) is 53.6 Å². The van der Waals surface area contributed by atoms with Crippen LogP contribution in [0.4, 0.5) is 0 Å². The first kappa shape index (κ1) is 31.5. The Morgan fingerprint density at radius 3 is 2.38 bits per heavy atom. The lowest BCUT2D eigenvalue weighted by atomic mass is 9.86. The van der Waals surface area contributed by atoms with Crippen molar-refractivity contribution in [2.75, 3.05) is 33.8 Å². The number of aromatic nitrogens is 1. The van der Waals surface area contributed by atoms with Gasteiger partial charge in [0, 0.05) is 55.8 Å². The van der Waals surface area contributed by atoms with E-state index in [9.17, 15) is 14.7 Å². The summed E-state index contributed by atoms with van der Waals surface area (Å²) in [5, 5.41) is 16.3. The predicted octanol–water partition coefficient (Wildman–Crippen LogP) is 6.30. The minimum atomic E-state index is -0.943. The smallest absolute Gasteiger partial charge is 0.335 e. The van der Waals surface area contributed by atoms with Gasteiger partial charge in [-0.1, -0.05) is 44.9 Å². The molecule has 0 atom stereocenters. The van der Waals surface area contributed by atoms with Crippen LogP contribution in [0.1, 0.15) is 74.2 Å². The Morgan fingerprint density at radius 1 is 1.05 bits per heavy atom. The minimum absolute atomic E-state index is 0.0537. The summed E-state index contributed by atoms with van der Waals surface area (Å²) in [7, 11) is 5.74. The third-order valence-electron chi connectivity index (χ3n) is 7.48. The highest BCUT2D eigenvalue weighted by Gasteiger charge is 2.26.